The van der Waals surface area contributed by atoms with Gasteiger partial charge in [-0.25, -0.2) is 0 Å². The van der Waals surface area contributed by atoms with Gasteiger partial charge < -0.3 is 9.52 Å². The highest BCUT2D eigenvalue weighted by atomic mass is 16.4. The monoisotopic (exact) mass is 282 g/mol. The molecule has 0 atom stereocenters. The Labute approximate surface area is 118 Å². The van der Waals surface area contributed by atoms with Crippen LogP contribution in [0.5, 0.6) is 0 Å². The van der Waals surface area contributed by atoms with Gasteiger partial charge in [-0.3, -0.25) is 15.0 Å². The van der Waals surface area contributed by atoms with Gasteiger partial charge in [-0.15, -0.1) is 5.10 Å². The van der Waals surface area contributed by atoms with Gasteiger partial charge in [-0.05, 0) is 45.7 Å². The molecule has 0 radical (unpaired) electrons. The molecule has 2 rings (SSSR count). The molecule has 0 spiro atoms. The van der Waals surface area contributed by atoms with Gasteiger partial charge in [0.25, 0.3) is 0 Å². The number of aliphatic hydroxyl groups is 1. The van der Waals surface area contributed by atoms with Crippen LogP contribution in [0, 0.1) is 0 Å². The number of carbonyl (C=O) groups excluding carboxylic acids is 1. The first kappa shape index (κ1) is 14.9. The molecule has 1 amide bonds. The van der Waals surface area contributed by atoms with E-state index in [2.05, 4.69) is 15.5 Å². The van der Waals surface area contributed by atoms with Gasteiger partial charge in [0.15, 0.2) is 0 Å². The number of rotatable bonds is 9. The third kappa shape index (κ3) is 4.90. The summed E-state index contributed by atoms with van der Waals surface area (Å²) in [6, 6.07) is 0.186. The second kappa shape index (κ2) is 7.35. The molecule has 7 heteroatoms. The van der Waals surface area contributed by atoms with Crippen LogP contribution in [0.4, 0.5) is 6.01 Å². The molecule has 1 heterocycles. The fourth-order valence-electron chi connectivity index (χ4n) is 1.93. The largest absolute Gasteiger partial charge is 0.408 e. The lowest BCUT2D eigenvalue weighted by molar-refractivity contribution is -0.117. The summed E-state index contributed by atoms with van der Waals surface area (Å²) in [6.07, 6.45) is 4.93. The van der Waals surface area contributed by atoms with E-state index in [-0.39, 0.29) is 18.5 Å². The number of hydrogen-bond acceptors (Lipinski definition) is 6. The average Bonchev–Trinajstić information content (AvgIpc) is 3.16. The summed E-state index contributed by atoms with van der Waals surface area (Å²) in [5, 5.41) is 19.0. The Morgan fingerprint density at radius 2 is 2.20 bits per heavy atom. The van der Waals surface area contributed by atoms with E-state index < -0.39 is 0 Å². The average molecular weight is 282 g/mol. The van der Waals surface area contributed by atoms with Crippen molar-refractivity contribution in [1.82, 2.24) is 15.1 Å². The van der Waals surface area contributed by atoms with Crippen molar-refractivity contribution in [2.75, 3.05) is 32.1 Å². The van der Waals surface area contributed by atoms with Crippen molar-refractivity contribution in [1.29, 1.82) is 0 Å². The molecule has 7 nitrogen and oxygen atoms in total. The summed E-state index contributed by atoms with van der Waals surface area (Å²) >= 11 is 0. The molecule has 0 bridgehead atoms. The number of nitrogens with zero attached hydrogens (tertiary/aromatic N) is 3. The quantitative estimate of drug-likeness (QED) is 0.656. The maximum Gasteiger partial charge on any atom is 0.322 e. The van der Waals surface area contributed by atoms with Crippen LogP contribution in [-0.4, -0.2) is 52.9 Å². The van der Waals surface area contributed by atoms with E-state index in [9.17, 15) is 4.79 Å². The third-order valence-corrected chi connectivity index (χ3v) is 3.23. The first-order valence-corrected chi connectivity index (χ1v) is 7.11. The van der Waals surface area contributed by atoms with Gasteiger partial charge in [-0.2, -0.15) is 0 Å². The normalized spacial score (nSPS) is 14.8. The molecule has 0 saturated heterocycles. The number of aliphatic hydroxyl groups excluding tert-OH is 1. The number of anilines is 1. The minimum atomic E-state index is -0.152. The van der Waals surface area contributed by atoms with E-state index in [1.165, 1.54) is 0 Å². The second-order valence-corrected chi connectivity index (χ2v) is 5.29. The van der Waals surface area contributed by atoms with Gasteiger partial charge in [0.1, 0.15) is 0 Å². The van der Waals surface area contributed by atoms with Crippen molar-refractivity contribution in [3.8, 4) is 0 Å². The number of hydrogen-bond donors (Lipinski definition) is 2. The van der Waals surface area contributed by atoms with Crippen molar-refractivity contribution < 1.29 is 14.3 Å². The van der Waals surface area contributed by atoms with Gasteiger partial charge in [0.2, 0.25) is 11.8 Å². The van der Waals surface area contributed by atoms with E-state index in [1.54, 1.807) is 0 Å². The molecule has 1 aliphatic rings. The molecule has 1 aromatic heterocycles. The van der Waals surface area contributed by atoms with E-state index >= 15 is 0 Å². The lowest BCUT2D eigenvalue weighted by Crippen LogP contribution is -2.31. The standard InChI is InChI=1S/C13H22N4O3/c1-17(7-3-2-4-8-18)9-11(19)14-13-16-15-12(20-13)10-5-6-10/h10,18H,2-9H2,1H3,(H,14,16,19). The van der Waals surface area contributed by atoms with E-state index in [0.717, 1.165) is 38.6 Å². The van der Waals surface area contributed by atoms with Crippen molar-refractivity contribution in [3.63, 3.8) is 0 Å². The van der Waals surface area contributed by atoms with Crippen LogP contribution in [0.15, 0.2) is 4.42 Å². The van der Waals surface area contributed by atoms with Gasteiger partial charge in [-0.1, -0.05) is 5.10 Å². The predicted octanol–water partition coefficient (Wildman–Crippen LogP) is 0.980. The Morgan fingerprint density at radius 1 is 1.40 bits per heavy atom. The Bertz CT molecular complexity index is 431. The van der Waals surface area contributed by atoms with Crippen LogP contribution < -0.4 is 5.32 Å². The van der Waals surface area contributed by atoms with Crippen LogP contribution >= 0.6 is 0 Å². The SMILES string of the molecule is CN(CCCCCO)CC(=O)Nc1nnc(C2CC2)o1. The van der Waals surface area contributed by atoms with Gasteiger partial charge >= 0.3 is 6.01 Å². The van der Waals surface area contributed by atoms with Gasteiger partial charge in [0.05, 0.1) is 6.54 Å². The highest BCUT2D eigenvalue weighted by Gasteiger charge is 2.29. The lowest BCUT2D eigenvalue weighted by Gasteiger charge is -2.14. The number of carbonyl (C=O) groups is 1. The van der Waals surface area contributed by atoms with E-state index in [1.807, 2.05) is 11.9 Å². The minimum absolute atomic E-state index is 0.152. The second-order valence-electron chi connectivity index (χ2n) is 5.29. The molecule has 112 valence electrons. The van der Waals surface area contributed by atoms with Crippen molar-refractivity contribution in [2.45, 2.75) is 38.0 Å². The summed E-state index contributed by atoms with van der Waals surface area (Å²) in [4.78, 5) is 13.7. The van der Waals surface area contributed by atoms with Crippen LogP contribution in [0.1, 0.15) is 43.9 Å². The minimum Gasteiger partial charge on any atom is -0.408 e. The number of aromatic nitrogens is 2. The lowest BCUT2D eigenvalue weighted by atomic mass is 10.2. The Kier molecular flexibility index (Phi) is 5.49. The third-order valence-electron chi connectivity index (χ3n) is 3.23. The summed E-state index contributed by atoms with van der Waals surface area (Å²) in [6.45, 7) is 1.34. The van der Waals surface area contributed by atoms with E-state index in [0.29, 0.717) is 18.4 Å². The number of amides is 1. The van der Waals surface area contributed by atoms with Crippen LogP contribution in [0.2, 0.25) is 0 Å². The fourth-order valence-corrected chi connectivity index (χ4v) is 1.93. The molecule has 1 aromatic rings. The molecular formula is C13H22N4O3. The molecule has 20 heavy (non-hydrogen) atoms. The summed E-state index contributed by atoms with van der Waals surface area (Å²) < 4.78 is 5.37. The molecule has 0 aliphatic heterocycles. The fraction of sp³-hybridized carbons (Fsp3) is 0.769. The van der Waals surface area contributed by atoms with Crippen LogP contribution in [0.25, 0.3) is 0 Å². The van der Waals surface area contributed by atoms with Crippen molar-refractivity contribution in [2.24, 2.45) is 0 Å². The molecular weight excluding hydrogens is 260 g/mol. The number of unbranched alkanes of at least 4 members (excludes halogenated alkanes) is 2. The number of nitrogens with one attached hydrogen (secondary N) is 1. The van der Waals surface area contributed by atoms with Crippen molar-refractivity contribution >= 4 is 11.9 Å². The number of likely N-dealkylation sites (N-methyl/N-ethyl adjacent to an activating group) is 1. The zero-order chi connectivity index (χ0) is 14.4. The van der Waals surface area contributed by atoms with Crippen molar-refractivity contribution in [3.05, 3.63) is 5.89 Å². The molecule has 0 aromatic carbocycles. The smallest absolute Gasteiger partial charge is 0.322 e. The summed E-state index contributed by atoms with van der Waals surface area (Å²) in [5.41, 5.74) is 0. The maximum atomic E-state index is 11.8. The molecule has 1 fully saturated rings. The highest BCUT2D eigenvalue weighted by molar-refractivity contribution is 5.90. The zero-order valence-electron chi connectivity index (χ0n) is 11.8. The van der Waals surface area contributed by atoms with Crippen LogP contribution in [0.3, 0.4) is 0 Å². The molecule has 1 aliphatic carbocycles. The predicted molar refractivity (Wildman–Crippen MR) is 73.3 cm³/mol. The first-order chi connectivity index (χ1) is 9.69. The maximum absolute atomic E-state index is 11.8. The molecule has 1 saturated carbocycles. The first-order valence-electron chi connectivity index (χ1n) is 7.11. The zero-order valence-corrected chi connectivity index (χ0v) is 11.8. The van der Waals surface area contributed by atoms with E-state index in [4.69, 9.17) is 9.52 Å². The Morgan fingerprint density at radius 3 is 2.90 bits per heavy atom. The Balaban J connectivity index is 1.65. The Hall–Kier alpha value is -1.47. The summed E-state index contributed by atoms with van der Waals surface area (Å²) in [7, 11) is 1.89. The van der Waals surface area contributed by atoms with Crippen LogP contribution in [-0.2, 0) is 4.79 Å². The van der Waals surface area contributed by atoms with Gasteiger partial charge in [0, 0.05) is 12.5 Å². The summed E-state index contributed by atoms with van der Waals surface area (Å²) in [5.74, 6) is 0.862. The molecule has 2 N–H and O–H groups in total. The molecule has 0 unspecified atom stereocenters. The topological polar surface area (TPSA) is 91.5 Å². The highest BCUT2D eigenvalue weighted by Crippen LogP contribution is 2.39.